The molecule has 0 bridgehead atoms. The van der Waals surface area contributed by atoms with Gasteiger partial charge < -0.3 is 4.57 Å². The smallest absolute Gasteiger partial charge is 0.171 e. The lowest BCUT2D eigenvalue weighted by atomic mass is 10.1. The molecule has 4 aromatic rings. The van der Waals surface area contributed by atoms with Crippen LogP contribution in [0.2, 0.25) is 0 Å². The third kappa shape index (κ3) is 2.86. The molecule has 0 radical (unpaired) electrons. The van der Waals surface area contributed by atoms with Gasteiger partial charge in [-0.05, 0) is 22.9 Å². The SMILES string of the molecule is O=P(c1ccccc1)(c1ccccc1)c1cc(Br)c2ccccc2c1. The molecule has 0 saturated carbocycles. The van der Waals surface area contributed by atoms with Crippen LogP contribution in [0.15, 0.2) is 102 Å². The number of hydrogen-bond acceptors (Lipinski definition) is 1. The third-order valence-corrected chi connectivity index (χ3v) is 8.09. The largest absolute Gasteiger partial charge is 0.309 e. The summed E-state index contributed by atoms with van der Waals surface area (Å²) in [6, 6.07) is 31.7. The molecule has 0 fully saturated rings. The highest BCUT2D eigenvalue weighted by Gasteiger charge is 2.30. The summed E-state index contributed by atoms with van der Waals surface area (Å²) in [5.41, 5.74) is 0. The van der Waals surface area contributed by atoms with E-state index in [-0.39, 0.29) is 0 Å². The predicted molar refractivity (Wildman–Crippen MR) is 111 cm³/mol. The van der Waals surface area contributed by atoms with Crippen molar-refractivity contribution >= 4 is 49.8 Å². The van der Waals surface area contributed by atoms with Gasteiger partial charge >= 0.3 is 0 Å². The summed E-state index contributed by atoms with van der Waals surface area (Å²) in [5.74, 6) is 0. The van der Waals surface area contributed by atoms with Crippen LogP contribution in [0.1, 0.15) is 0 Å². The van der Waals surface area contributed by atoms with Crippen molar-refractivity contribution in [3.05, 3.63) is 102 Å². The predicted octanol–water partition coefficient (Wildman–Crippen LogP) is 5.24. The van der Waals surface area contributed by atoms with E-state index in [4.69, 9.17) is 0 Å². The van der Waals surface area contributed by atoms with E-state index in [0.717, 1.165) is 31.2 Å². The highest BCUT2D eigenvalue weighted by atomic mass is 79.9. The minimum Gasteiger partial charge on any atom is -0.309 e. The van der Waals surface area contributed by atoms with Crippen LogP contribution in [-0.4, -0.2) is 0 Å². The van der Waals surface area contributed by atoms with Crippen molar-refractivity contribution in [3.8, 4) is 0 Å². The lowest BCUT2D eigenvalue weighted by molar-refractivity contribution is 0.592. The van der Waals surface area contributed by atoms with Crippen molar-refractivity contribution in [1.29, 1.82) is 0 Å². The summed E-state index contributed by atoms with van der Waals surface area (Å²) in [5, 5.41) is 4.75. The van der Waals surface area contributed by atoms with Gasteiger partial charge in [0, 0.05) is 20.4 Å². The van der Waals surface area contributed by atoms with Crippen LogP contribution in [0.5, 0.6) is 0 Å². The number of rotatable bonds is 3. The molecule has 4 rings (SSSR count). The highest BCUT2D eigenvalue weighted by Crippen LogP contribution is 2.43. The fourth-order valence-corrected chi connectivity index (χ4v) is 6.65. The molecule has 0 spiro atoms. The molecule has 0 atom stereocenters. The molecule has 1 nitrogen and oxygen atoms in total. The molecule has 0 unspecified atom stereocenters. The lowest BCUT2D eigenvalue weighted by Gasteiger charge is -2.21. The molecule has 0 aliphatic heterocycles. The average Bonchev–Trinajstić information content (AvgIpc) is 2.68. The lowest BCUT2D eigenvalue weighted by Crippen LogP contribution is -2.25. The minimum atomic E-state index is -2.94. The van der Waals surface area contributed by atoms with Crippen LogP contribution in [0.25, 0.3) is 10.8 Å². The van der Waals surface area contributed by atoms with Crippen molar-refractivity contribution < 1.29 is 4.57 Å². The van der Waals surface area contributed by atoms with Crippen LogP contribution in [0.4, 0.5) is 0 Å². The Morgan fingerprint density at radius 2 is 1.12 bits per heavy atom. The van der Waals surface area contributed by atoms with Crippen LogP contribution >= 0.6 is 23.1 Å². The zero-order valence-electron chi connectivity index (χ0n) is 13.5. The maximum absolute atomic E-state index is 14.4. The summed E-state index contributed by atoms with van der Waals surface area (Å²) >= 11 is 3.66. The first kappa shape index (κ1) is 16.3. The van der Waals surface area contributed by atoms with E-state index in [0.29, 0.717) is 0 Å². The van der Waals surface area contributed by atoms with Crippen LogP contribution < -0.4 is 15.9 Å². The van der Waals surface area contributed by atoms with Crippen LogP contribution in [0, 0.1) is 0 Å². The average molecular weight is 407 g/mol. The molecule has 0 saturated heterocycles. The third-order valence-electron chi connectivity index (χ3n) is 4.40. The Kier molecular flexibility index (Phi) is 4.33. The summed E-state index contributed by atoms with van der Waals surface area (Å²) < 4.78 is 15.4. The molecular formula is C22H16BrOP. The second-order valence-electron chi connectivity index (χ2n) is 5.93. The van der Waals surface area contributed by atoms with E-state index >= 15 is 0 Å². The monoisotopic (exact) mass is 406 g/mol. The normalized spacial score (nSPS) is 11.6. The van der Waals surface area contributed by atoms with Crippen molar-refractivity contribution in [2.45, 2.75) is 0 Å². The molecule has 4 aromatic carbocycles. The Hall–Kier alpha value is -2.15. The Morgan fingerprint density at radius 1 is 0.600 bits per heavy atom. The van der Waals surface area contributed by atoms with E-state index in [9.17, 15) is 4.57 Å². The highest BCUT2D eigenvalue weighted by molar-refractivity contribution is 9.10. The van der Waals surface area contributed by atoms with Crippen LogP contribution in [-0.2, 0) is 4.57 Å². The zero-order valence-corrected chi connectivity index (χ0v) is 16.0. The summed E-state index contributed by atoms with van der Waals surface area (Å²) in [6.07, 6.45) is 0. The molecule has 122 valence electrons. The second-order valence-corrected chi connectivity index (χ2v) is 9.55. The summed E-state index contributed by atoms with van der Waals surface area (Å²) in [6.45, 7) is 0. The molecule has 0 aromatic heterocycles. The zero-order chi connectivity index (χ0) is 17.3. The van der Waals surface area contributed by atoms with E-state index < -0.39 is 7.14 Å². The number of fused-ring (bicyclic) bond motifs is 1. The second kappa shape index (κ2) is 6.63. The first-order chi connectivity index (χ1) is 12.2. The number of halogens is 1. The van der Waals surface area contributed by atoms with Gasteiger partial charge in [-0.3, -0.25) is 0 Å². The number of hydrogen-bond donors (Lipinski definition) is 0. The quantitative estimate of drug-likeness (QED) is 0.425. The van der Waals surface area contributed by atoms with Gasteiger partial charge in [0.15, 0.2) is 7.14 Å². The van der Waals surface area contributed by atoms with E-state index in [1.807, 2.05) is 78.9 Å². The maximum atomic E-state index is 14.4. The van der Waals surface area contributed by atoms with E-state index in [2.05, 4.69) is 34.1 Å². The van der Waals surface area contributed by atoms with Gasteiger partial charge in [-0.25, -0.2) is 0 Å². The van der Waals surface area contributed by atoms with Gasteiger partial charge in [-0.1, -0.05) is 101 Å². The van der Waals surface area contributed by atoms with Crippen LogP contribution in [0.3, 0.4) is 0 Å². The molecule has 0 heterocycles. The minimum absolute atomic E-state index is 0.843. The van der Waals surface area contributed by atoms with Gasteiger partial charge in [-0.2, -0.15) is 0 Å². The Balaban J connectivity index is 2.04. The topological polar surface area (TPSA) is 17.1 Å². The molecule has 0 N–H and O–H groups in total. The first-order valence-corrected chi connectivity index (χ1v) is 10.6. The van der Waals surface area contributed by atoms with Gasteiger partial charge in [0.05, 0.1) is 0 Å². The molecule has 0 aliphatic carbocycles. The van der Waals surface area contributed by atoms with Crippen molar-refractivity contribution in [1.82, 2.24) is 0 Å². The first-order valence-electron chi connectivity index (χ1n) is 8.10. The fraction of sp³-hybridized carbons (Fsp3) is 0. The molecular weight excluding hydrogens is 391 g/mol. The summed E-state index contributed by atoms with van der Waals surface area (Å²) in [7, 11) is -2.94. The molecule has 25 heavy (non-hydrogen) atoms. The van der Waals surface area contributed by atoms with Crippen molar-refractivity contribution in [3.63, 3.8) is 0 Å². The van der Waals surface area contributed by atoms with E-state index in [1.165, 1.54) is 0 Å². The summed E-state index contributed by atoms with van der Waals surface area (Å²) in [4.78, 5) is 0. The maximum Gasteiger partial charge on any atom is 0.171 e. The standard InChI is InChI=1S/C22H16BrOP/c23-22-16-20(15-17-9-7-8-14-21(17)22)25(24,18-10-3-1-4-11-18)19-12-5-2-6-13-19/h1-16H. The van der Waals surface area contributed by atoms with Gasteiger partial charge in [0.25, 0.3) is 0 Å². The molecule has 3 heteroatoms. The fourth-order valence-electron chi connectivity index (χ4n) is 3.15. The van der Waals surface area contributed by atoms with Gasteiger partial charge in [0.1, 0.15) is 0 Å². The molecule has 0 amide bonds. The van der Waals surface area contributed by atoms with Crippen molar-refractivity contribution in [2.24, 2.45) is 0 Å². The molecule has 0 aliphatic rings. The van der Waals surface area contributed by atoms with E-state index in [1.54, 1.807) is 0 Å². The van der Waals surface area contributed by atoms with Gasteiger partial charge in [0.2, 0.25) is 0 Å². The number of benzene rings is 4. The van der Waals surface area contributed by atoms with Gasteiger partial charge in [-0.15, -0.1) is 0 Å². The van der Waals surface area contributed by atoms with Crippen molar-refractivity contribution in [2.75, 3.05) is 0 Å². The Bertz CT molecular complexity index is 1030. The Morgan fingerprint density at radius 3 is 1.72 bits per heavy atom. The Labute approximate surface area is 155 Å².